The molecular weight excluding hydrogens is 383 g/mol. The Morgan fingerprint density at radius 3 is 2.28 bits per heavy atom. The number of methoxy groups -OCH3 is 2. The first-order valence-electron chi connectivity index (χ1n) is 8.34. The van der Waals surface area contributed by atoms with E-state index in [1.165, 1.54) is 38.5 Å². The molecule has 2 N–H and O–H groups in total. The lowest BCUT2D eigenvalue weighted by atomic mass is 10.2. The van der Waals surface area contributed by atoms with Gasteiger partial charge in [-0.1, -0.05) is 12.1 Å². The summed E-state index contributed by atoms with van der Waals surface area (Å²) >= 11 is 0. The highest BCUT2D eigenvalue weighted by Gasteiger charge is 2.12. The van der Waals surface area contributed by atoms with Gasteiger partial charge in [0.05, 0.1) is 19.8 Å². The first kappa shape index (κ1) is 21.4. The van der Waals surface area contributed by atoms with E-state index in [4.69, 9.17) is 14.2 Å². The Bertz CT molecular complexity index is 907. The van der Waals surface area contributed by atoms with Crippen LogP contribution in [-0.4, -0.2) is 38.6 Å². The van der Waals surface area contributed by atoms with Gasteiger partial charge in [0.25, 0.3) is 11.8 Å². The Kier molecular flexibility index (Phi) is 7.72. The highest BCUT2D eigenvalue weighted by molar-refractivity contribution is 5.96. The number of carbonyl (C=O) groups excluding carboxylic acids is 3. The number of carbonyl (C=O) groups is 3. The van der Waals surface area contributed by atoms with Crippen LogP contribution in [0.5, 0.6) is 11.5 Å². The number of hydrazine groups is 1. The summed E-state index contributed by atoms with van der Waals surface area (Å²) in [5.74, 6) is -2.05. The van der Waals surface area contributed by atoms with E-state index in [1.807, 2.05) is 10.9 Å². The van der Waals surface area contributed by atoms with Crippen LogP contribution in [0, 0.1) is 5.82 Å². The topological polar surface area (TPSA) is 103 Å². The molecule has 0 heterocycles. The van der Waals surface area contributed by atoms with Crippen molar-refractivity contribution in [1.29, 1.82) is 0 Å². The number of esters is 1. The number of rotatable bonds is 7. The number of benzene rings is 2. The molecule has 8 nitrogen and oxygen atoms in total. The maximum absolute atomic E-state index is 13.5. The molecule has 0 aliphatic heterocycles. The average Bonchev–Trinajstić information content (AvgIpc) is 2.74. The van der Waals surface area contributed by atoms with Crippen LogP contribution in [0.1, 0.15) is 15.9 Å². The maximum atomic E-state index is 13.5. The van der Waals surface area contributed by atoms with Gasteiger partial charge in [0.2, 0.25) is 0 Å². The van der Waals surface area contributed by atoms with Crippen molar-refractivity contribution in [3.63, 3.8) is 0 Å². The zero-order valence-corrected chi connectivity index (χ0v) is 15.7. The fourth-order valence-corrected chi connectivity index (χ4v) is 2.15. The van der Waals surface area contributed by atoms with E-state index >= 15 is 0 Å². The summed E-state index contributed by atoms with van der Waals surface area (Å²) < 4.78 is 28.5. The molecule has 0 aromatic heterocycles. The SMILES string of the molecule is COc1cc(/C=C/C(=O)OCC(=O)NNC(=O)c2ccccc2F)cc(OC)c1. The summed E-state index contributed by atoms with van der Waals surface area (Å²) in [7, 11) is 3.00. The van der Waals surface area contributed by atoms with Gasteiger partial charge in [-0.05, 0) is 35.9 Å². The fraction of sp³-hybridized carbons (Fsp3) is 0.150. The quantitative estimate of drug-likeness (QED) is 0.416. The van der Waals surface area contributed by atoms with Crippen molar-refractivity contribution in [3.8, 4) is 11.5 Å². The predicted octanol–water partition coefficient (Wildman–Crippen LogP) is 1.86. The second-order valence-electron chi connectivity index (χ2n) is 5.57. The lowest BCUT2D eigenvalue weighted by Gasteiger charge is -2.08. The zero-order chi connectivity index (χ0) is 21.2. The molecule has 0 unspecified atom stereocenters. The van der Waals surface area contributed by atoms with Crippen molar-refractivity contribution in [2.75, 3.05) is 20.8 Å². The van der Waals surface area contributed by atoms with Crippen molar-refractivity contribution in [1.82, 2.24) is 10.9 Å². The van der Waals surface area contributed by atoms with Gasteiger partial charge < -0.3 is 14.2 Å². The second kappa shape index (κ2) is 10.5. The van der Waals surface area contributed by atoms with Gasteiger partial charge in [0.1, 0.15) is 17.3 Å². The second-order valence-corrected chi connectivity index (χ2v) is 5.57. The number of amides is 2. The minimum atomic E-state index is -0.838. The molecule has 0 saturated heterocycles. The number of hydrogen-bond acceptors (Lipinski definition) is 6. The van der Waals surface area contributed by atoms with Crippen LogP contribution in [0.15, 0.2) is 48.5 Å². The molecule has 0 radical (unpaired) electrons. The van der Waals surface area contributed by atoms with Gasteiger partial charge in [-0.3, -0.25) is 20.4 Å². The third-order valence-corrected chi connectivity index (χ3v) is 3.57. The van der Waals surface area contributed by atoms with Crippen LogP contribution in [-0.2, 0) is 14.3 Å². The average molecular weight is 402 g/mol. The molecular formula is C20H19FN2O6. The lowest BCUT2D eigenvalue weighted by Crippen LogP contribution is -2.43. The molecule has 2 amide bonds. The molecule has 0 saturated carbocycles. The Morgan fingerprint density at radius 1 is 1.00 bits per heavy atom. The lowest BCUT2D eigenvalue weighted by molar-refractivity contribution is -0.144. The van der Waals surface area contributed by atoms with E-state index in [2.05, 4.69) is 0 Å². The summed E-state index contributed by atoms with van der Waals surface area (Å²) in [5, 5.41) is 0. The van der Waals surface area contributed by atoms with E-state index in [0.717, 1.165) is 12.1 Å². The molecule has 0 fully saturated rings. The first-order chi connectivity index (χ1) is 13.9. The minimum absolute atomic E-state index is 0.235. The van der Waals surface area contributed by atoms with E-state index in [9.17, 15) is 18.8 Å². The molecule has 0 atom stereocenters. The predicted molar refractivity (Wildman–Crippen MR) is 102 cm³/mol. The summed E-state index contributed by atoms with van der Waals surface area (Å²) in [6, 6.07) is 10.3. The van der Waals surface area contributed by atoms with Crippen LogP contribution < -0.4 is 20.3 Å². The smallest absolute Gasteiger partial charge is 0.331 e. The monoisotopic (exact) mass is 402 g/mol. The van der Waals surface area contributed by atoms with Crippen LogP contribution in [0.4, 0.5) is 4.39 Å². The molecule has 0 bridgehead atoms. The Balaban J connectivity index is 1.81. The standard InChI is InChI=1S/C20H19FN2O6/c1-27-14-9-13(10-15(11-14)28-2)7-8-19(25)29-12-18(24)22-23-20(26)16-5-3-4-6-17(16)21/h3-11H,12H2,1-2H3,(H,22,24)(H,23,26)/b8-7+. The van der Waals surface area contributed by atoms with Crippen molar-refractivity contribution in [3.05, 3.63) is 65.5 Å². The van der Waals surface area contributed by atoms with Gasteiger partial charge in [-0.2, -0.15) is 0 Å². The Hall–Kier alpha value is -3.88. The molecule has 29 heavy (non-hydrogen) atoms. The highest BCUT2D eigenvalue weighted by atomic mass is 19.1. The first-order valence-corrected chi connectivity index (χ1v) is 8.34. The van der Waals surface area contributed by atoms with E-state index in [-0.39, 0.29) is 5.56 Å². The van der Waals surface area contributed by atoms with Crippen molar-refractivity contribution < 1.29 is 33.0 Å². The normalized spacial score (nSPS) is 10.3. The molecule has 0 aliphatic rings. The van der Waals surface area contributed by atoms with Crippen molar-refractivity contribution in [2.45, 2.75) is 0 Å². The number of ether oxygens (including phenoxy) is 3. The summed E-state index contributed by atoms with van der Waals surface area (Å²) in [4.78, 5) is 35.2. The van der Waals surface area contributed by atoms with Crippen molar-refractivity contribution in [2.24, 2.45) is 0 Å². The Morgan fingerprint density at radius 2 is 1.66 bits per heavy atom. The Labute approximate surface area is 166 Å². The van der Waals surface area contributed by atoms with Gasteiger partial charge >= 0.3 is 5.97 Å². The maximum Gasteiger partial charge on any atom is 0.331 e. The van der Waals surface area contributed by atoms with Crippen molar-refractivity contribution >= 4 is 23.9 Å². The molecule has 2 rings (SSSR count). The van der Waals surface area contributed by atoms with Crippen LogP contribution in [0.2, 0.25) is 0 Å². The van der Waals surface area contributed by atoms with Gasteiger partial charge in [0.15, 0.2) is 6.61 Å². The number of hydrogen-bond donors (Lipinski definition) is 2. The molecule has 9 heteroatoms. The van der Waals surface area contributed by atoms with Gasteiger partial charge in [-0.15, -0.1) is 0 Å². The molecule has 2 aromatic rings. The third kappa shape index (κ3) is 6.65. The molecule has 0 spiro atoms. The summed E-state index contributed by atoms with van der Waals surface area (Å²) in [6.45, 7) is -0.637. The number of halogens is 1. The van der Waals surface area contributed by atoms with E-state index < -0.39 is 30.2 Å². The molecule has 152 valence electrons. The third-order valence-electron chi connectivity index (χ3n) is 3.57. The summed E-state index contributed by atoms with van der Waals surface area (Å²) in [6.07, 6.45) is 2.59. The molecule has 0 aliphatic carbocycles. The largest absolute Gasteiger partial charge is 0.497 e. The van der Waals surface area contributed by atoms with Crippen LogP contribution >= 0.6 is 0 Å². The fourth-order valence-electron chi connectivity index (χ4n) is 2.15. The minimum Gasteiger partial charge on any atom is -0.497 e. The molecule has 2 aromatic carbocycles. The zero-order valence-electron chi connectivity index (χ0n) is 15.7. The highest BCUT2D eigenvalue weighted by Crippen LogP contribution is 2.23. The van der Waals surface area contributed by atoms with E-state index in [0.29, 0.717) is 17.1 Å². The van der Waals surface area contributed by atoms with Crippen LogP contribution in [0.25, 0.3) is 6.08 Å². The van der Waals surface area contributed by atoms with E-state index in [1.54, 1.807) is 18.2 Å². The van der Waals surface area contributed by atoms with Gasteiger partial charge in [-0.25, -0.2) is 9.18 Å². The van der Waals surface area contributed by atoms with Gasteiger partial charge in [0, 0.05) is 12.1 Å². The van der Waals surface area contributed by atoms with Crippen LogP contribution in [0.3, 0.4) is 0 Å². The summed E-state index contributed by atoms with van der Waals surface area (Å²) in [5.41, 5.74) is 4.45. The number of nitrogens with one attached hydrogen (secondary N) is 2.